The Morgan fingerprint density at radius 1 is 1.32 bits per heavy atom. The maximum Gasteiger partial charge on any atom is 0.258 e. The number of rotatable bonds is 6. The number of carbonyl (C=O) groups excluding carboxylic acids is 1. The van der Waals surface area contributed by atoms with E-state index >= 15 is 0 Å². The van der Waals surface area contributed by atoms with E-state index in [1.54, 1.807) is 30.5 Å². The fourth-order valence-electron chi connectivity index (χ4n) is 2.08. The first-order valence-electron chi connectivity index (χ1n) is 7.16. The van der Waals surface area contributed by atoms with Crippen LogP contribution in [-0.4, -0.2) is 35.8 Å². The Kier molecular flexibility index (Phi) is 5.30. The van der Waals surface area contributed by atoms with Gasteiger partial charge in [-0.25, -0.2) is 4.98 Å². The molecule has 0 fully saturated rings. The molecule has 25 heavy (non-hydrogen) atoms. The van der Waals surface area contributed by atoms with E-state index in [1.807, 2.05) is 0 Å². The summed E-state index contributed by atoms with van der Waals surface area (Å²) in [4.78, 5) is 20.5. The lowest BCUT2D eigenvalue weighted by atomic mass is 10.2. The molecule has 2 heterocycles. The molecule has 3 aromatic rings. The molecule has 9 heteroatoms. The Morgan fingerprint density at radius 2 is 2.12 bits per heavy atom. The second-order valence-electron chi connectivity index (χ2n) is 4.83. The third kappa shape index (κ3) is 3.97. The normalized spacial score (nSPS) is 10.7. The van der Waals surface area contributed by atoms with Crippen molar-refractivity contribution in [3.63, 3.8) is 0 Å². The lowest BCUT2D eigenvalue weighted by molar-refractivity contribution is -0.113. The molecule has 2 aromatic heterocycles. The van der Waals surface area contributed by atoms with Gasteiger partial charge in [-0.2, -0.15) is 4.98 Å². The van der Waals surface area contributed by atoms with Gasteiger partial charge in [-0.1, -0.05) is 23.4 Å². The number of nitrogens with zero attached hydrogens (tertiary/aromatic N) is 2. The number of ether oxygens (including phenoxy) is 2. The largest absolute Gasteiger partial charge is 0.495 e. The van der Waals surface area contributed by atoms with Crippen molar-refractivity contribution in [3.05, 3.63) is 35.5 Å². The molecule has 0 aliphatic rings. The summed E-state index contributed by atoms with van der Waals surface area (Å²) >= 11 is 7.26. The first kappa shape index (κ1) is 17.4. The molecule has 1 N–H and O–H groups in total. The van der Waals surface area contributed by atoms with Crippen LogP contribution in [-0.2, 0) is 4.79 Å². The first-order valence-corrected chi connectivity index (χ1v) is 8.53. The fourth-order valence-corrected chi connectivity index (χ4v) is 2.95. The van der Waals surface area contributed by atoms with E-state index in [0.717, 1.165) is 0 Å². The predicted molar refractivity (Wildman–Crippen MR) is 95.7 cm³/mol. The number of amides is 1. The molecule has 3 rings (SSSR count). The van der Waals surface area contributed by atoms with E-state index in [2.05, 4.69) is 15.3 Å². The van der Waals surface area contributed by atoms with Crippen molar-refractivity contribution in [2.24, 2.45) is 0 Å². The van der Waals surface area contributed by atoms with Crippen LogP contribution in [0.25, 0.3) is 11.2 Å². The zero-order chi connectivity index (χ0) is 17.8. The Bertz CT molecular complexity index is 883. The quantitative estimate of drug-likeness (QED) is 0.654. The van der Waals surface area contributed by atoms with Crippen LogP contribution in [0.15, 0.2) is 40.1 Å². The van der Waals surface area contributed by atoms with Gasteiger partial charge >= 0.3 is 0 Å². The Labute approximate surface area is 152 Å². The van der Waals surface area contributed by atoms with E-state index in [4.69, 9.17) is 25.5 Å². The second-order valence-corrected chi connectivity index (χ2v) is 6.16. The number of thioether (sulfide) groups is 1. The number of methoxy groups -OCH3 is 2. The van der Waals surface area contributed by atoms with Crippen molar-refractivity contribution in [2.45, 2.75) is 5.22 Å². The number of oxazole rings is 1. The zero-order valence-corrected chi connectivity index (χ0v) is 15.0. The van der Waals surface area contributed by atoms with Crippen LogP contribution in [0.3, 0.4) is 0 Å². The van der Waals surface area contributed by atoms with Gasteiger partial charge in [0.2, 0.25) is 5.91 Å². The topological polar surface area (TPSA) is 86.5 Å². The molecule has 0 bridgehead atoms. The van der Waals surface area contributed by atoms with Gasteiger partial charge in [0.05, 0.1) is 30.7 Å². The molecular formula is C16H14ClN3O4S. The average Bonchev–Trinajstić information content (AvgIpc) is 3.03. The monoisotopic (exact) mass is 379 g/mol. The standard InChI is InChI=1S/C16H14ClN3O4S/c1-22-12-7-13(23-2)10(6-9(12)17)19-14(21)8-25-16-20-15-11(24-16)4-3-5-18-15/h3-7H,8H2,1-2H3,(H,19,21). The minimum absolute atomic E-state index is 0.111. The van der Waals surface area contributed by atoms with Crippen LogP contribution >= 0.6 is 23.4 Å². The van der Waals surface area contributed by atoms with Crippen LogP contribution < -0.4 is 14.8 Å². The Balaban J connectivity index is 1.67. The highest BCUT2D eigenvalue weighted by Gasteiger charge is 2.14. The predicted octanol–water partition coefficient (Wildman–Crippen LogP) is 3.62. The number of fused-ring (bicyclic) bond motifs is 1. The number of aromatic nitrogens is 2. The number of nitrogens with one attached hydrogen (secondary N) is 1. The van der Waals surface area contributed by atoms with Gasteiger partial charge in [0.1, 0.15) is 11.5 Å². The lowest BCUT2D eigenvalue weighted by Gasteiger charge is -2.12. The Hall–Kier alpha value is -2.45. The van der Waals surface area contributed by atoms with Crippen molar-refractivity contribution < 1.29 is 18.7 Å². The summed E-state index contributed by atoms with van der Waals surface area (Å²) in [6, 6.07) is 6.71. The lowest BCUT2D eigenvalue weighted by Crippen LogP contribution is -2.14. The highest BCUT2D eigenvalue weighted by atomic mass is 35.5. The molecule has 0 saturated heterocycles. The molecular weight excluding hydrogens is 366 g/mol. The average molecular weight is 380 g/mol. The molecule has 0 atom stereocenters. The van der Waals surface area contributed by atoms with E-state index in [0.29, 0.717) is 38.7 Å². The van der Waals surface area contributed by atoms with Crippen molar-refractivity contribution in [2.75, 3.05) is 25.3 Å². The summed E-state index contributed by atoms with van der Waals surface area (Å²) in [7, 11) is 3.00. The molecule has 0 aliphatic carbocycles. The fraction of sp³-hybridized carbons (Fsp3) is 0.188. The molecule has 7 nitrogen and oxygen atoms in total. The van der Waals surface area contributed by atoms with Crippen LogP contribution in [0.1, 0.15) is 0 Å². The number of halogens is 1. The van der Waals surface area contributed by atoms with Gasteiger partial charge in [-0.3, -0.25) is 4.79 Å². The summed E-state index contributed by atoms with van der Waals surface area (Å²) in [5.41, 5.74) is 1.54. The molecule has 0 saturated carbocycles. The number of benzene rings is 1. The molecule has 0 spiro atoms. The molecule has 0 radical (unpaired) electrons. The van der Waals surface area contributed by atoms with Gasteiger partial charge in [-0.15, -0.1) is 0 Å². The van der Waals surface area contributed by atoms with E-state index < -0.39 is 0 Å². The minimum Gasteiger partial charge on any atom is -0.495 e. The van der Waals surface area contributed by atoms with Gasteiger partial charge in [0.25, 0.3) is 5.22 Å². The number of anilines is 1. The van der Waals surface area contributed by atoms with Crippen LogP contribution in [0.4, 0.5) is 5.69 Å². The van der Waals surface area contributed by atoms with Crippen molar-refractivity contribution in [1.29, 1.82) is 0 Å². The number of pyridine rings is 1. The van der Waals surface area contributed by atoms with Crippen molar-refractivity contribution in [3.8, 4) is 11.5 Å². The van der Waals surface area contributed by atoms with Gasteiger partial charge in [0.15, 0.2) is 11.2 Å². The first-order chi connectivity index (χ1) is 12.1. The second kappa shape index (κ2) is 7.62. The third-order valence-corrected chi connectivity index (χ3v) is 4.34. The van der Waals surface area contributed by atoms with Crippen LogP contribution in [0.5, 0.6) is 11.5 Å². The summed E-state index contributed by atoms with van der Waals surface area (Å²) < 4.78 is 15.9. The SMILES string of the molecule is COc1cc(OC)c(NC(=O)CSc2nc3ncccc3o2)cc1Cl. The van der Waals surface area contributed by atoms with Crippen LogP contribution in [0, 0.1) is 0 Å². The molecule has 130 valence electrons. The molecule has 1 aromatic carbocycles. The van der Waals surface area contributed by atoms with Crippen molar-refractivity contribution >= 4 is 46.2 Å². The zero-order valence-electron chi connectivity index (χ0n) is 13.4. The minimum atomic E-state index is -0.250. The third-order valence-electron chi connectivity index (χ3n) is 3.22. The summed E-state index contributed by atoms with van der Waals surface area (Å²) in [6.07, 6.45) is 1.63. The summed E-state index contributed by atoms with van der Waals surface area (Å²) in [5, 5.41) is 3.50. The van der Waals surface area contributed by atoms with Crippen LogP contribution in [0.2, 0.25) is 5.02 Å². The molecule has 1 amide bonds. The Morgan fingerprint density at radius 3 is 2.84 bits per heavy atom. The number of hydrogen-bond donors (Lipinski definition) is 1. The highest BCUT2D eigenvalue weighted by Crippen LogP contribution is 2.36. The van der Waals surface area contributed by atoms with Gasteiger partial charge in [-0.05, 0) is 18.2 Å². The van der Waals surface area contributed by atoms with Gasteiger partial charge < -0.3 is 19.2 Å². The van der Waals surface area contributed by atoms with Crippen molar-refractivity contribution in [1.82, 2.24) is 9.97 Å². The maximum absolute atomic E-state index is 12.2. The van der Waals surface area contributed by atoms with E-state index in [9.17, 15) is 4.79 Å². The summed E-state index contributed by atoms with van der Waals surface area (Å²) in [5.74, 6) is 0.773. The maximum atomic E-state index is 12.2. The van der Waals surface area contributed by atoms with E-state index in [1.165, 1.54) is 26.0 Å². The number of hydrogen-bond acceptors (Lipinski definition) is 7. The molecule has 0 aliphatic heterocycles. The van der Waals surface area contributed by atoms with Gasteiger partial charge in [0, 0.05) is 12.3 Å². The van der Waals surface area contributed by atoms with E-state index in [-0.39, 0.29) is 11.7 Å². The number of carbonyl (C=O) groups is 1. The summed E-state index contributed by atoms with van der Waals surface area (Å²) in [6.45, 7) is 0. The molecule has 0 unspecified atom stereocenters. The highest BCUT2D eigenvalue weighted by molar-refractivity contribution is 7.99. The smallest absolute Gasteiger partial charge is 0.258 e.